The van der Waals surface area contributed by atoms with Gasteiger partial charge in [-0.15, -0.1) is 0 Å². The van der Waals surface area contributed by atoms with Gasteiger partial charge in [0.25, 0.3) is 0 Å². The van der Waals surface area contributed by atoms with Crippen molar-refractivity contribution in [2.24, 2.45) is 0 Å². The highest BCUT2D eigenvalue weighted by Gasteiger charge is 2.08. The summed E-state index contributed by atoms with van der Waals surface area (Å²) in [4.78, 5) is 12.5. The van der Waals surface area contributed by atoms with E-state index in [2.05, 4.69) is 0 Å². The maximum atomic E-state index is 12.5. The van der Waals surface area contributed by atoms with E-state index in [0.29, 0.717) is 22.3 Å². The third-order valence-electron chi connectivity index (χ3n) is 3.26. The van der Waals surface area contributed by atoms with Gasteiger partial charge in [-0.05, 0) is 30.7 Å². The highest BCUT2D eigenvalue weighted by Crippen LogP contribution is 2.16. The Balaban J connectivity index is 2.13. The van der Waals surface area contributed by atoms with E-state index in [1.165, 1.54) is 0 Å². The highest BCUT2D eigenvalue weighted by atomic mass is 16.3. The minimum atomic E-state index is 0.0107. The molecule has 2 heteroatoms. The molecule has 0 atom stereocenters. The van der Waals surface area contributed by atoms with Gasteiger partial charge in [0.2, 0.25) is 0 Å². The van der Waals surface area contributed by atoms with Gasteiger partial charge in [-0.2, -0.15) is 0 Å². The van der Waals surface area contributed by atoms with Crippen LogP contribution >= 0.6 is 0 Å². The maximum Gasteiger partial charge on any atom is 0.200 e. The summed E-state index contributed by atoms with van der Waals surface area (Å²) in [6.07, 6.45) is 3.75. The number of fused-ring (bicyclic) bond motifs is 1. The summed E-state index contributed by atoms with van der Waals surface area (Å²) < 4.78 is 5.71. The van der Waals surface area contributed by atoms with E-state index < -0.39 is 0 Å². The second kappa shape index (κ2) is 5.17. The number of rotatable bonds is 2. The van der Waals surface area contributed by atoms with Gasteiger partial charge in [0, 0.05) is 0 Å². The van der Waals surface area contributed by atoms with Crippen molar-refractivity contribution in [3.8, 4) is 0 Å². The van der Waals surface area contributed by atoms with E-state index in [0.717, 1.165) is 5.56 Å². The van der Waals surface area contributed by atoms with E-state index in [4.69, 9.17) is 4.42 Å². The molecule has 0 amide bonds. The van der Waals surface area contributed by atoms with Crippen LogP contribution < -0.4 is 5.43 Å². The lowest BCUT2D eigenvalue weighted by molar-refractivity contribution is 0.563. The Kier molecular flexibility index (Phi) is 3.21. The molecule has 1 heterocycles. The minimum Gasteiger partial charge on any atom is -0.460 e. The normalized spacial score (nSPS) is 11.2. The predicted octanol–water partition coefficient (Wildman–Crippen LogP) is 4.27. The molecular weight excluding hydrogens is 248 g/mol. The molecular formula is C18H14O2. The summed E-state index contributed by atoms with van der Waals surface area (Å²) in [6.45, 7) is 1.82. The summed E-state index contributed by atoms with van der Waals surface area (Å²) in [5.74, 6) is 0.640. The minimum absolute atomic E-state index is 0.0107. The second-order valence-corrected chi connectivity index (χ2v) is 4.64. The molecule has 3 rings (SSSR count). The van der Waals surface area contributed by atoms with Gasteiger partial charge in [-0.1, -0.05) is 48.5 Å². The summed E-state index contributed by atoms with van der Waals surface area (Å²) >= 11 is 0. The van der Waals surface area contributed by atoms with Gasteiger partial charge in [-0.25, -0.2) is 0 Å². The van der Waals surface area contributed by atoms with E-state index >= 15 is 0 Å². The molecule has 3 aromatic rings. The molecule has 0 saturated carbocycles. The molecule has 20 heavy (non-hydrogen) atoms. The Morgan fingerprint density at radius 2 is 1.60 bits per heavy atom. The van der Waals surface area contributed by atoms with Crippen LogP contribution in [0, 0.1) is 6.92 Å². The number of para-hydroxylation sites is 1. The van der Waals surface area contributed by atoms with Gasteiger partial charge in [-0.3, -0.25) is 4.79 Å². The second-order valence-electron chi connectivity index (χ2n) is 4.64. The fourth-order valence-corrected chi connectivity index (χ4v) is 2.20. The van der Waals surface area contributed by atoms with Crippen LogP contribution in [0.25, 0.3) is 23.1 Å². The fraction of sp³-hybridized carbons (Fsp3) is 0.0556. The zero-order valence-electron chi connectivity index (χ0n) is 11.2. The van der Waals surface area contributed by atoms with Crippen molar-refractivity contribution in [3.05, 3.63) is 81.7 Å². The van der Waals surface area contributed by atoms with Gasteiger partial charge >= 0.3 is 0 Å². The first-order chi connectivity index (χ1) is 9.75. The summed E-state index contributed by atoms with van der Waals surface area (Å²) in [5, 5.41) is 0.616. The van der Waals surface area contributed by atoms with Crippen LogP contribution in [-0.2, 0) is 0 Å². The number of hydrogen-bond acceptors (Lipinski definition) is 2. The topological polar surface area (TPSA) is 30.2 Å². The van der Waals surface area contributed by atoms with E-state index in [1.807, 2.05) is 67.6 Å². The van der Waals surface area contributed by atoms with Gasteiger partial charge in [0.15, 0.2) is 5.43 Å². The van der Waals surface area contributed by atoms with Gasteiger partial charge in [0.05, 0.1) is 10.9 Å². The molecule has 0 aliphatic heterocycles. The van der Waals surface area contributed by atoms with Crippen molar-refractivity contribution in [3.63, 3.8) is 0 Å². The lowest BCUT2D eigenvalue weighted by Gasteiger charge is -2.02. The molecule has 0 spiro atoms. The molecule has 0 N–H and O–H groups in total. The summed E-state index contributed by atoms with van der Waals surface area (Å²) in [6, 6.07) is 17.2. The first-order valence-corrected chi connectivity index (χ1v) is 6.51. The maximum absolute atomic E-state index is 12.5. The van der Waals surface area contributed by atoms with Crippen LogP contribution in [0.5, 0.6) is 0 Å². The van der Waals surface area contributed by atoms with Crippen LogP contribution in [0.2, 0.25) is 0 Å². The lowest BCUT2D eigenvalue weighted by atomic mass is 10.1. The summed E-state index contributed by atoms with van der Waals surface area (Å²) in [5.41, 5.74) is 2.30. The van der Waals surface area contributed by atoms with E-state index in [1.54, 1.807) is 6.07 Å². The molecule has 2 nitrogen and oxygen atoms in total. The van der Waals surface area contributed by atoms with Crippen molar-refractivity contribution < 1.29 is 4.42 Å². The fourth-order valence-electron chi connectivity index (χ4n) is 2.20. The molecule has 98 valence electrons. The quantitative estimate of drug-likeness (QED) is 0.690. The average molecular weight is 262 g/mol. The Labute approximate surface area is 117 Å². The lowest BCUT2D eigenvalue weighted by Crippen LogP contribution is -2.07. The van der Waals surface area contributed by atoms with Crippen molar-refractivity contribution in [1.82, 2.24) is 0 Å². The molecule has 0 aliphatic rings. The Hall–Kier alpha value is -2.61. The number of hydrogen-bond donors (Lipinski definition) is 0. The van der Waals surface area contributed by atoms with Gasteiger partial charge in [0.1, 0.15) is 11.3 Å². The zero-order valence-corrected chi connectivity index (χ0v) is 11.2. The first-order valence-electron chi connectivity index (χ1n) is 6.51. The first kappa shape index (κ1) is 12.4. The van der Waals surface area contributed by atoms with Crippen molar-refractivity contribution >= 4 is 23.1 Å². The van der Waals surface area contributed by atoms with Crippen molar-refractivity contribution in [2.75, 3.05) is 0 Å². The standard InChI is InChI=1S/C18H14O2/c1-13-15(12-11-14-7-3-2-4-8-14)18(19)16-9-5-6-10-17(16)20-13/h2-12H,1H3/b12-11+. The van der Waals surface area contributed by atoms with Crippen LogP contribution in [0.1, 0.15) is 16.9 Å². The SMILES string of the molecule is Cc1oc2ccccc2c(=O)c1/C=C/c1ccccc1. The Morgan fingerprint density at radius 1 is 0.900 bits per heavy atom. The zero-order chi connectivity index (χ0) is 13.9. The van der Waals surface area contributed by atoms with Crippen LogP contribution in [-0.4, -0.2) is 0 Å². The average Bonchev–Trinajstić information content (AvgIpc) is 2.48. The summed E-state index contributed by atoms with van der Waals surface area (Å²) in [7, 11) is 0. The Morgan fingerprint density at radius 3 is 2.40 bits per heavy atom. The smallest absolute Gasteiger partial charge is 0.200 e. The van der Waals surface area contributed by atoms with Gasteiger partial charge < -0.3 is 4.42 Å². The molecule has 0 unspecified atom stereocenters. The third-order valence-corrected chi connectivity index (χ3v) is 3.26. The molecule has 0 saturated heterocycles. The highest BCUT2D eigenvalue weighted by molar-refractivity contribution is 5.81. The molecule has 0 bridgehead atoms. The van der Waals surface area contributed by atoms with Crippen LogP contribution in [0.3, 0.4) is 0 Å². The van der Waals surface area contributed by atoms with Crippen LogP contribution in [0.15, 0.2) is 63.8 Å². The monoisotopic (exact) mass is 262 g/mol. The van der Waals surface area contributed by atoms with Crippen LogP contribution in [0.4, 0.5) is 0 Å². The number of aryl methyl sites for hydroxylation is 1. The van der Waals surface area contributed by atoms with Crippen molar-refractivity contribution in [1.29, 1.82) is 0 Å². The third kappa shape index (κ3) is 2.28. The molecule has 0 fully saturated rings. The predicted molar refractivity (Wildman–Crippen MR) is 82.6 cm³/mol. The van der Waals surface area contributed by atoms with E-state index in [-0.39, 0.29) is 5.43 Å². The molecule has 1 aromatic heterocycles. The number of benzene rings is 2. The van der Waals surface area contributed by atoms with Crippen molar-refractivity contribution in [2.45, 2.75) is 6.92 Å². The van der Waals surface area contributed by atoms with E-state index in [9.17, 15) is 4.79 Å². The molecule has 0 aliphatic carbocycles. The Bertz CT molecular complexity index is 827. The largest absolute Gasteiger partial charge is 0.460 e. The molecule has 0 radical (unpaired) electrons. The molecule has 2 aromatic carbocycles.